The molecule has 14 heteroatoms. The Morgan fingerprint density at radius 2 is 1.41 bits per heavy atom. The summed E-state index contributed by atoms with van der Waals surface area (Å²) < 4.78 is 10.6. The van der Waals surface area contributed by atoms with Crippen molar-refractivity contribution in [3.05, 3.63) is 0 Å². The lowest BCUT2D eigenvalue weighted by Crippen LogP contribution is -2.39. The second kappa shape index (κ2) is 19.3. The molecule has 44 heavy (non-hydrogen) atoms. The summed E-state index contributed by atoms with van der Waals surface area (Å²) in [6.45, 7) is 7.89. The standard InChI is InChI=1S/C23H32N2O8S.C7H14O2S/c1-14(26)15(2)32-10-3-11-34-18-12-21(29)24(22(18)30)13-16-4-6-17(7-5-16)23(31)33-25-19(27)8-9-20(25)28;1-6(8)7(2)9-4-3-5-10/h15-18H,3-13H2,1-2H3;7,10H,3-5H2,1-2H3/t15-,16?,17?,18?;7-/m00/s1. The molecule has 0 N–H and O–H groups in total. The molecular weight excluding hydrogens is 612 g/mol. The van der Waals surface area contributed by atoms with Gasteiger partial charge in [0.1, 0.15) is 12.2 Å². The van der Waals surface area contributed by atoms with Gasteiger partial charge in [0.2, 0.25) is 11.8 Å². The molecule has 1 saturated carbocycles. The van der Waals surface area contributed by atoms with Crippen LogP contribution in [0.3, 0.4) is 0 Å². The number of likely N-dealkylation sites (tertiary alicyclic amines) is 1. The van der Waals surface area contributed by atoms with Gasteiger partial charge in [-0.2, -0.15) is 12.6 Å². The monoisotopic (exact) mass is 658 g/mol. The number of imide groups is 2. The van der Waals surface area contributed by atoms with Crippen molar-refractivity contribution in [2.45, 2.75) is 103 Å². The number of hydroxylamine groups is 2. The highest BCUT2D eigenvalue weighted by molar-refractivity contribution is 8.00. The number of thiol groups is 1. The first-order chi connectivity index (χ1) is 20.8. The van der Waals surface area contributed by atoms with E-state index in [0.29, 0.717) is 62.7 Å². The third kappa shape index (κ3) is 12.2. The maximum absolute atomic E-state index is 12.7. The third-order valence-electron chi connectivity index (χ3n) is 7.80. The lowest BCUT2D eigenvalue weighted by Gasteiger charge is -2.30. The van der Waals surface area contributed by atoms with Crippen LogP contribution >= 0.6 is 24.4 Å². The predicted molar refractivity (Wildman–Crippen MR) is 165 cm³/mol. The molecule has 248 valence electrons. The van der Waals surface area contributed by atoms with Crippen LogP contribution in [0.1, 0.15) is 85.5 Å². The summed E-state index contributed by atoms with van der Waals surface area (Å²) in [6.07, 6.45) is 3.57. The van der Waals surface area contributed by atoms with E-state index >= 15 is 0 Å². The van der Waals surface area contributed by atoms with Crippen molar-refractivity contribution < 1.29 is 47.9 Å². The van der Waals surface area contributed by atoms with Crippen LogP contribution in [0.15, 0.2) is 0 Å². The minimum absolute atomic E-state index is 0.0254. The Labute approximate surface area is 269 Å². The maximum Gasteiger partial charge on any atom is 0.336 e. The average Bonchev–Trinajstić information content (AvgIpc) is 3.44. The maximum atomic E-state index is 12.7. The molecule has 1 unspecified atom stereocenters. The van der Waals surface area contributed by atoms with Gasteiger partial charge in [-0.3, -0.25) is 33.7 Å². The minimum atomic E-state index is -0.575. The fourth-order valence-corrected chi connectivity index (χ4v) is 5.97. The molecule has 4 amide bonds. The van der Waals surface area contributed by atoms with E-state index in [1.165, 1.54) is 30.5 Å². The molecule has 12 nitrogen and oxygen atoms in total. The van der Waals surface area contributed by atoms with E-state index in [1.54, 1.807) is 13.8 Å². The smallest absolute Gasteiger partial charge is 0.336 e. The fourth-order valence-electron chi connectivity index (χ4n) is 4.74. The van der Waals surface area contributed by atoms with Gasteiger partial charge in [0, 0.05) is 39.0 Å². The molecule has 3 atom stereocenters. The van der Waals surface area contributed by atoms with Crippen molar-refractivity contribution in [1.82, 2.24) is 9.96 Å². The Balaban J connectivity index is 0.000000580. The Hall–Kier alpha value is -2.29. The van der Waals surface area contributed by atoms with E-state index in [-0.39, 0.29) is 59.9 Å². The molecule has 3 rings (SSSR count). The van der Waals surface area contributed by atoms with E-state index in [9.17, 15) is 33.6 Å². The zero-order valence-corrected chi connectivity index (χ0v) is 27.8. The SMILES string of the molecule is CC(=O)[C@H](C)OCCCS.CC(=O)[C@H](C)OCCCSC1CC(=O)N(CC2CCC(C(=O)ON3C(=O)CCC3=O)CC2)C1=O. The summed E-state index contributed by atoms with van der Waals surface area (Å²) in [5, 5.41) is 0.184. The van der Waals surface area contributed by atoms with Crippen LogP contribution in [0.5, 0.6) is 0 Å². The van der Waals surface area contributed by atoms with Gasteiger partial charge in [-0.15, -0.1) is 16.8 Å². The molecule has 0 spiro atoms. The number of hydrogen-bond acceptors (Lipinski definition) is 12. The van der Waals surface area contributed by atoms with Crippen LogP contribution in [0.2, 0.25) is 0 Å². The highest BCUT2D eigenvalue weighted by Gasteiger charge is 2.41. The number of nitrogens with zero attached hydrogens (tertiary/aromatic N) is 2. The number of carbonyl (C=O) groups is 7. The van der Waals surface area contributed by atoms with Gasteiger partial charge in [0.25, 0.3) is 11.8 Å². The lowest BCUT2D eigenvalue weighted by molar-refractivity contribution is -0.201. The molecule has 0 radical (unpaired) electrons. The molecule has 1 aliphatic carbocycles. The van der Waals surface area contributed by atoms with Crippen LogP contribution in [0.4, 0.5) is 0 Å². The summed E-state index contributed by atoms with van der Waals surface area (Å²) in [5.41, 5.74) is 0. The van der Waals surface area contributed by atoms with Crippen LogP contribution in [0.25, 0.3) is 0 Å². The fraction of sp³-hybridized carbons (Fsp3) is 0.767. The normalized spacial score (nSPS) is 23.3. The van der Waals surface area contributed by atoms with E-state index in [1.807, 2.05) is 0 Å². The van der Waals surface area contributed by atoms with Crippen LogP contribution < -0.4 is 0 Å². The summed E-state index contributed by atoms with van der Waals surface area (Å²) in [6, 6.07) is 0. The van der Waals surface area contributed by atoms with E-state index in [2.05, 4.69) is 12.6 Å². The van der Waals surface area contributed by atoms with E-state index in [0.717, 1.165) is 12.2 Å². The number of Topliss-reactive ketones (excluding diaryl/α,β-unsaturated/α-hetero) is 2. The molecule has 3 aliphatic rings. The number of thioether (sulfide) groups is 1. The Morgan fingerprint density at radius 3 is 1.93 bits per heavy atom. The number of rotatable bonds is 16. The summed E-state index contributed by atoms with van der Waals surface area (Å²) in [7, 11) is 0. The Morgan fingerprint density at radius 1 is 0.864 bits per heavy atom. The molecule has 3 fully saturated rings. The first-order valence-corrected chi connectivity index (χ1v) is 16.9. The highest BCUT2D eigenvalue weighted by Crippen LogP contribution is 2.33. The van der Waals surface area contributed by atoms with Crippen molar-refractivity contribution in [1.29, 1.82) is 0 Å². The Bertz CT molecular complexity index is 1030. The van der Waals surface area contributed by atoms with Gasteiger partial charge in [-0.05, 0) is 83.6 Å². The topological polar surface area (TPSA) is 154 Å². The van der Waals surface area contributed by atoms with Crippen LogP contribution in [0, 0.1) is 11.8 Å². The van der Waals surface area contributed by atoms with Gasteiger partial charge >= 0.3 is 5.97 Å². The highest BCUT2D eigenvalue weighted by atomic mass is 32.2. The van der Waals surface area contributed by atoms with Crippen LogP contribution in [-0.2, 0) is 47.9 Å². The zero-order valence-electron chi connectivity index (χ0n) is 26.1. The Kier molecular flexibility index (Phi) is 16.6. The van der Waals surface area contributed by atoms with Crippen molar-refractivity contribution in [2.24, 2.45) is 11.8 Å². The quantitative estimate of drug-likeness (QED) is 0.148. The van der Waals surface area contributed by atoms with Gasteiger partial charge in [-0.1, -0.05) is 0 Å². The molecule has 2 heterocycles. The number of ether oxygens (including phenoxy) is 2. The third-order valence-corrected chi connectivity index (χ3v) is 9.41. The number of amides is 4. The zero-order chi connectivity index (χ0) is 32.8. The van der Waals surface area contributed by atoms with Gasteiger partial charge < -0.3 is 14.3 Å². The first kappa shape index (κ1) is 37.9. The molecule has 2 aliphatic heterocycles. The average molecular weight is 659 g/mol. The summed E-state index contributed by atoms with van der Waals surface area (Å²) in [4.78, 5) is 88.9. The molecular formula is C30H46N2O10S2. The number of ketones is 2. The van der Waals surface area contributed by atoms with Gasteiger partial charge in [-0.25, -0.2) is 4.79 Å². The largest absolute Gasteiger partial charge is 0.371 e. The molecule has 0 aromatic carbocycles. The predicted octanol–water partition coefficient (Wildman–Crippen LogP) is 2.95. The summed E-state index contributed by atoms with van der Waals surface area (Å²) in [5.74, 6) is -0.669. The van der Waals surface area contributed by atoms with Crippen molar-refractivity contribution in [3.8, 4) is 0 Å². The van der Waals surface area contributed by atoms with Crippen LogP contribution in [-0.4, -0.2) is 99.8 Å². The number of carbonyl (C=O) groups excluding carboxylic acids is 7. The van der Waals surface area contributed by atoms with Crippen molar-refractivity contribution in [3.63, 3.8) is 0 Å². The first-order valence-electron chi connectivity index (χ1n) is 15.2. The second-order valence-electron chi connectivity index (χ2n) is 11.3. The van der Waals surface area contributed by atoms with Gasteiger partial charge in [0.05, 0.1) is 11.2 Å². The second-order valence-corrected chi connectivity index (χ2v) is 13.1. The molecule has 0 bridgehead atoms. The van der Waals surface area contributed by atoms with Gasteiger partial charge in [0.15, 0.2) is 11.6 Å². The molecule has 0 aromatic rings. The van der Waals surface area contributed by atoms with E-state index in [4.69, 9.17) is 14.3 Å². The number of hydrogen-bond donors (Lipinski definition) is 1. The van der Waals surface area contributed by atoms with Crippen molar-refractivity contribution in [2.75, 3.05) is 31.3 Å². The molecule has 2 saturated heterocycles. The lowest BCUT2D eigenvalue weighted by atomic mass is 9.82. The molecule has 0 aromatic heterocycles. The minimum Gasteiger partial charge on any atom is -0.371 e. The van der Waals surface area contributed by atoms with Crippen molar-refractivity contribution >= 4 is 65.6 Å². The summed E-state index contributed by atoms with van der Waals surface area (Å²) >= 11 is 5.45. The van der Waals surface area contributed by atoms with E-state index < -0.39 is 29.8 Å².